The zero-order valence-electron chi connectivity index (χ0n) is 13.3. The van der Waals surface area contributed by atoms with E-state index in [4.69, 9.17) is 0 Å². The second-order valence-corrected chi connectivity index (χ2v) is 7.24. The molecule has 0 aliphatic rings. The van der Waals surface area contributed by atoms with E-state index >= 15 is 0 Å². The van der Waals surface area contributed by atoms with Crippen LogP contribution in [0.15, 0.2) is 35.4 Å². The Kier molecular flexibility index (Phi) is 5.05. The number of aryl methyl sites for hydroxylation is 1. The number of nitrogens with zero attached hydrogens (tertiary/aromatic N) is 1. The van der Waals surface area contributed by atoms with Gasteiger partial charge in [-0.2, -0.15) is 0 Å². The summed E-state index contributed by atoms with van der Waals surface area (Å²) in [6, 6.07) is 3.85. The normalized spacial score (nSPS) is 11.8. The molecule has 0 unspecified atom stereocenters. The molecule has 0 bridgehead atoms. The number of rotatable bonds is 5. The number of carbonyl (C=O) groups is 1. The number of anilines is 1. The molecule has 0 saturated carbocycles. The van der Waals surface area contributed by atoms with E-state index in [9.17, 15) is 22.0 Å². The van der Waals surface area contributed by atoms with Crippen LogP contribution in [0.1, 0.15) is 24.3 Å². The van der Waals surface area contributed by atoms with Crippen molar-refractivity contribution in [2.45, 2.75) is 24.8 Å². The quantitative estimate of drug-likeness (QED) is 0.861. The number of hydrogen-bond donors (Lipinski definition) is 2. The van der Waals surface area contributed by atoms with Crippen LogP contribution in [-0.4, -0.2) is 24.9 Å². The van der Waals surface area contributed by atoms with Gasteiger partial charge in [-0.3, -0.25) is 4.79 Å². The molecule has 2 rings (SSSR count). The number of benzene rings is 1. The van der Waals surface area contributed by atoms with Gasteiger partial charge in [0, 0.05) is 31.0 Å². The maximum Gasteiger partial charge on any atom is 0.272 e. The Labute approximate surface area is 138 Å². The fraction of sp³-hybridized carbons (Fsp3) is 0.267. The van der Waals surface area contributed by atoms with E-state index < -0.39 is 27.6 Å². The average Bonchev–Trinajstić information content (AvgIpc) is 2.84. The number of sulfonamides is 1. The number of amides is 1. The summed E-state index contributed by atoms with van der Waals surface area (Å²) >= 11 is 0. The number of carbonyl (C=O) groups excluding carboxylic acids is 1. The number of hydrogen-bond acceptors (Lipinski definition) is 3. The van der Waals surface area contributed by atoms with Crippen molar-refractivity contribution in [3.8, 4) is 0 Å². The Morgan fingerprint density at radius 2 is 1.83 bits per heavy atom. The van der Waals surface area contributed by atoms with Gasteiger partial charge in [-0.15, -0.1) is 0 Å². The van der Waals surface area contributed by atoms with E-state index in [1.807, 2.05) is 0 Å². The fourth-order valence-corrected chi connectivity index (χ4v) is 3.37. The number of aromatic nitrogens is 1. The first-order chi connectivity index (χ1) is 11.1. The summed E-state index contributed by atoms with van der Waals surface area (Å²) in [6.45, 7) is 3.36. The van der Waals surface area contributed by atoms with E-state index in [0.29, 0.717) is 0 Å². The zero-order chi connectivity index (χ0) is 18.1. The molecule has 2 N–H and O–H groups in total. The molecule has 0 fully saturated rings. The Morgan fingerprint density at radius 3 is 2.42 bits per heavy atom. The second-order valence-electron chi connectivity index (χ2n) is 5.53. The van der Waals surface area contributed by atoms with Crippen LogP contribution < -0.4 is 10.0 Å². The van der Waals surface area contributed by atoms with Crippen molar-refractivity contribution >= 4 is 21.6 Å². The smallest absolute Gasteiger partial charge is 0.272 e. The van der Waals surface area contributed by atoms with Gasteiger partial charge in [0.2, 0.25) is 10.0 Å². The lowest BCUT2D eigenvalue weighted by molar-refractivity contribution is 0.101. The van der Waals surface area contributed by atoms with Gasteiger partial charge >= 0.3 is 0 Å². The molecule has 0 spiro atoms. The Morgan fingerprint density at radius 1 is 1.17 bits per heavy atom. The molecule has 1 aromatic heterocycles. The van der Waals surface area contributed by atoms with Crippen molar-refractivity contribution in [1.29, 1.82) is 0 Å². The van der Waals surface area contributed by atoms with Crippen LogP contribution in [0.2, 0.25) is 0 Å². The summed E-state index contributed by atoms with van der Waals surface area (Å²) in [7, 11) is -2.23. The summed E-state index contributed by atoms with van der Waals surface area (Å²) in [4.78, 5) is 12.2. The predicted octanol–water partition coefficient (Wildman–Crippen LogP) is 2.24. The van der Waals surface area contributed by atoms with E-state index in [2.05, 4.69) is 10.0 Å². The van der Waals surface area contributed by atoms with Crippen molar-refractivity contribution in [3.05, 3.63) is 47.8 Å². The van der Waals surface area contributed by atoms with Gasteiger partial charge in [0.05, 0.1) is 0 Å². The topological polar surface area (TPSA) is 80.2 Å². The lowest BCUT2D eigenvalue weighted by Gasteiger charge is -2.07. The van der Waals surface area contributed by atoms with Crippen molar-refractivity contribution in [1.82, 2.24) is 9.29 Å². The third-order valence-electron chi connectivity index (χ3n) is 3.09. The zero-order valence-corrected chi connectivity index (χ0v) is 14.1. The second kappa shape index (κ2) is 6.70. The Hall–Kier alpha value is -2.26. The highest BCUT2D eigenvalue weighted by Crippen LogP contribution is 2.17. The molecule has 0 aliphatic carbocycles. The highest BCUT2D eigenvalue weighted by molar-refractivity contribution is 7.89. The van der Waals surface area contributed by atoms with Crippen LogP contribution in [0.5, 0.6) is 0 Å². The molecule has 0 radical (unpaired) electrons. The van der Waals surface area contributed by atoms with Crippen LogP contribution in [-0.2, 0) is 17.1 Å². The summed E-state index contributed by atoms with van der Waals surface area (Å²) in [5.41, 5.74) is 0.119. The van der Waals surface area contributed by atoms with Crippen molar-refractivity contribution in [3.63, 3.8) is 0 Å². The van der Waals surface area contributed by atoms with Crippen LogP contribution in [0.25, 0.3) is 0 Å². The molecule has 9 heteroatoms. The Bertz CT molecular complexity index is 876. The van der Waals surface area contributed by atoms with Gasteiger partial charge in [-0.05, 0) is 32.0 Å². The first-order valence-electron chi connectivity index (χ1n) is 7.05. The van der Waals surface area contributed by atoms with Crippen LogP contribution in [0.3, 0.4) is 0 Å². The third kappa shape index (κ3) is 3.98. The minimum Gasteiger partial charge on any atom is -0.345 e. The molecule has 1 heterocycles. The van der Waals surface area contributed by atoms with E-state index in [1.54, 1.807) is 13.8 Å². The maximum atomic E-state index is 13.2. The summed E-state index contributed by atoms with van der Waals surface area (Å²) < 4.78 is 54.1. The SMILES string of the molecule is CC(C)NS(=O)(=O)c1cc(C(=O)Nc2ccc(F)c(F)c2)n(C)c1. The molecule has 6 nitrogen and oxygen atoms in total. The number of nitrogens with one attached hydrogen (secondary N) is 2. The molecule has 1 aromatic carbocycles. The molecule has 0 atom stereocenters. The molecule has 24 heavy (non-hydrogen) atoms. The monoisotopic (exact) mass is 357 g/mol. The molecule has 0 aliphatic heterocycles. The molecular formula is C15H17F2N3O3S. The molecular weight excluding hydrogens is 340 g/mol. The van der Waals surface area contributed by atoms with E-state index in [-0.39, 0.29) is 22.3 Å². The van der Waals surface area contributed by atoms with Crippen LogP contribution in [0, 0.1) is 11.6 Å². The number of halogens is 2. The summed E-state index contributed by atoms with van der Waals surface area (Å²) in [6.07, 6.45) is 1.30. The van der Waals surface area contributed by atoms with Gasteiger partial charge in [0.25, 0.3) is 5.91 Å². The maximum absolute atomic E-state index is 13.2. The lowest BCUT2D eigenvalue weighted by atomic mass is 10.3. The van der Waals surface area contributed by atoms with Gasteiger partial charge in [-0.25, -0.2) is 21.9 Å². The van der Waals surface area contributed by atoms with Gasteiger partial charge in [0.15, 0.2) is 11.6 Å². The van der Waals surface area contributed by atoms with Crippen molar-refractivity contribution in [2.24, 2.45) is 7.05 Å². The van der Waals surface area contributed by atoms with Crippen molar-refractivity contribution < 1.29 is 22.0 Å². The minimum absolute atomic E-state index is 0.0591. The highest BCUT2D eigenvalue weighted by atomic mass is 32.2. The molecule has 130 valence electrons. The largest absolute Gasteiger partial charge is 0.345 e. The van der Waals surface area contributed by atoms with Gasteiger partial charge < -0.3 is 9.88 Å². The molecule has 0 saturated heterocycles. The highest BCUT2D eigenvalue weighted by Gasteiger charge is 2.21. The summed E-state index contributed by atoms with van der Waals surface area (Å²) in [5, 5.41) is 2.39. The lowest BCUT2D eigenvalue weighted by Crippen LogP contribution is -2.29. The van der Waals surface area contributed by atoms with Crippen LogP contribution in [0.4, 0.5) is 14.5 Å². The first-order valence-corrected chi connectivity index (χ1v) is 8.53. The third-order valence-corrected chi connectivity index (χ3v) is 4.72. The molecule has 1 amide bonds. The molecule has 2 aromatic rings. The average molecular weight is 357 g/mol. The standard InChI is InChI=1S/C15H17F2N3O3S/c1-9(2)19-24(22,23)11-7-14(20(3)8-11)15(21)18-10-4-5-12(16)13(17)6-10/h4-9,19H,1-3H3,(H,18,21). The minimum atomic E-state index is -3.74. The van der Waals surface area contributed by atoms with E-state index in [1.165, 1.54) is 29.9 Å². The first kappa shape index (κ1) is 18.1. The summed E-state index contributed by atoms with van der Waals surface area (Å²) in [5.74, 6) is -2.77. The van der Waals surface area contributed by atoms with Crippen LogP contribution >= 0.6 is 0 Å². The van der Waals surface area contributed by atoms with Gasteiger partial charge in [0.1, 0.15) is 10.6 Å². The predicted molar refractivity (Wildman–Crippen MR) is 85.2 cm³/mol. The van der Waals surface area contributed by atoms with Crippen molar-refractivity contribution in [2.75, 3.05) is 5.32 Å². The van der Waals surface area contributed by atoms with Gasteiger partial charge in [-0.1, -0.05) is 0 Å². The van der Waals surface area contributed by atoms with E-state index in [0.717, 1.165) is 12.1 Å². The Balaban J connectivity index is 2.26. The fourth-order valence-electron chi connectivity index (χ4n) is 2.05.